The largest absolute Gasteiger partial charge is 0.485 e. The van der Waals surface area contributed by atoms with E-state index in [4.69, 9.17) is 11.3 Å². The summed E-state index contributed by atoms with van der Waals surface area (Å²) in [4.78, 5) is 76.4. The number of imide groups is 2. The lowest BCUT2D eigenvalue weighted by Gasteiger charge is -2.63. The van der Waals surface area contributed by atoms with Crippen molar-refractivity contribution in [2.24, 2.45) is 10.8 Å². The highest BCUT2D eigenvalue weighted by atomic mass is 19.4. The van der Waals surface area contributed by atoms with E-state index in [0.717, 1.165) is 59.9 Å². The first kappa shape index (κ1) is 39.0. The van der Waals surface area contributed by atoms with Gasteiger partial charge >= 0.3 is 6.18 Å². The molecule has 1 unspecified atom stereocenters. The number of nitrogens with one attached hydrogen (secondary N) is 2. The van der Waals surface area contributed by atoms with Crippen LogP contribution in [-0.2, 0) is 28.9 Å². The number of aromatic nitrogens is 1. The molecule has 2 saturated heterocycles. The SMILES string of the molecule is [C-]#[N+]c1ncc(OC2C(C)(C)C(NC(=O)c3ccc(N4CCC(N5Cc6cc7c(cc6C5)C(=O)N(C5CCC(=O)NC5=O)C7=O)CC4)cc3)C2(C)C)cc1C(F)(F)F. The summed E-state index contributed by atoms with van der Waals surface area (Å²) in [5, 5.41) is 5.35. The molecule has 2 aromatic carbocycles. The Morgan fingerprint density at radius 1 is 0.931 bits per heavy atom. The number of ether oxygens (including phenoxy) is 1. The first-order chi connectivity index (χ1) is 27.4. The van der Waals surface area contributed by atoms with Crippen LogP contribution in [-0.4, -0.2) is 81.6 Å². The van der Waals surface area contributed by atoms with E-state index in [0.29, 0.717) is 29.8 Å². The van der Waals surface area contributed by atoms with Crippen LogP contribution in [0.15, 0.2) is 48.7 Å². The Balaban J connectivity index is 0.849. The summed E-state index contributed by atoms with van der Waals surface area (Å²) in [6.45, 7) is 17.5. The zero-order valence-corrected chi connectivity index (χ0v) is 32.4. The van der Waals surface area contributed by atoms with Gasteiger partial charge in [0.1, 0.15) is 12.1 Å². The lowest BCUT2D eigenvalue weighted by Crippen LogP contribution is -2.74. The highest BCUT2D eigenvalue weighted by Crippen LogP contribution is 2.56. The highest BCUT2D eigenvalue weighted by Gasteiger charge is 2.64. The van der Waals surface area contributed by atoms with Crippen LogP contribution in [0.5, 0.6) is 5.75 Å². The average Bonchev–Trinajstić information content (AvgIpc) is 3.71. The zero-order chi connectivity index (χ0) is 41.5. The molecule has 1 atom stereocenters. The molecule has 1 aromatic heterocycles. The summed E-state index contributed by atoms with van der Waals surface area (Å²) < 4.78 is 46.7. The Morgan fingerprint density at radius 2 is 1.53 bits per heavy atom. The molecule has 8 rings (SSSR count). The molecule has 0 spiro atoms. The molecule has 5 aliphatic rings. The minimum atomic E-state index is -4.76. The fourth-order valence-corrected chi connectivity index (χ4v) is 9.92. The van der Waals surface area contributed by atoms with Crippen LogP contribution in [0, 0.1) is 17.4 Å². The molecular formula is C42H42F3N7O6. The van der Waals surface area contributed by atoms with Crippen molar-refractivity contribution in [1.82, 2.24) is 25.4 Å². The number of hydrogen-bond acceptors (Lipinski definition) is 9. The molecule has 0 radical (unpaired) electrons. The zero-order valence-electron chi connectivity index (χ0n) is 32.4. The van der Waals surface area contributed by atoms with E-state index in [9.17, 15) is 37.1 Å². The van der Waals surface area contributed by atoms with Gasteiger partial charge in [0.25, 0.3) is 23.5 Å². The molecule has 58 heavy (non-hydrogen) atoms. The van der Waals surface area contributed by atoms with Crippen molar-refractivity contribution in [3.8, 4) is 5.75 Å². The van der Waals surface area contributed by atoms with E-state index in [-0.39, 0.29) is 36.6 Å². The molecule has 3 aromatic rings. The van der Waals surface area contributed by atoms with Crippen LogP contribution < -0.4 is 20.3 Å². The molecule has 302 valence electrons. The number of anilines is 1. The Morgan fingerprint density at radius 3 is 2.09 bits per heavy atom. The second kappa shape index (κ2) is 13.9. The summed E-state index contributed by atoms with van der Waals surface area (Å²) >= 11 is 0. The average molecular weight is 798 g/mol. The van der Waals surface area contributed by atoms with E-state index < -0.39 is 64.2 Å². The maximum absolute atomic E-state index is 13.6. The number of carbonyl (C=O) groups excluding carboxylic acids is 5. The topological polar surface area (TPSA) is 146 Å². The number of fused-ring (bicyclic) bond motifs is 2. The maximum Gasteiger partial charge on any atom is 0.409 e. The normalized spacial score (nSPS) is 24.1. The molecule has 1 aliphatic carbocycles. The number of amides is 5. The quantitative estimate of drug-likeness (QED) is 0.229. The van der Waals surface area contributed by atoms with Gasteiger partial charge in [0.15, 0.2) is 11.9 Å². The summed E-state index contributed by atoms with van der Waals surface area (Å²) in [5.74, 6) is -3.16. The molecule has 1 saturated carbocycles. The molecule has 5 heterocycles. The number of hydrogen-bond donors (Lipinski definition) is 2. The van der Waals surface area contributed by atoms with E-state index in [1.54, 1.807) is 24.3 Å². The Hall–Kier alpha value is -5.82. The summed E-state index contributed by atoms with van der Waals surface area (Å²) in [6.07, 6.45) is -2.23. The maximum atomic E-state index is 13.6. The highest BCUT2D eigenvalue weighted by molar-refractivity contribution is 6.23. The van der Waals surface area contributed by atoms with Crippen LogP contribution in [0.1, 0.15) is 101 Å². The fraction of sp³-hybridized carbons (Fsp3) is 0.452. The van der Waals surface area contributed by atoms with Crippen molar-refractivity contribution in [3.05, 3.63) is 93.5 Å². The number of piperidine rings is 2. The van der Waals surface area contributed by atoms with Crippen molar-refractivity contribution in [2.45, 2.75) is 96.9 Å². The number of halogens is 3. The van der Waals surface area contributed by atoms with Gasteiger partial charge in [0, 0.05) is 66.8 Å². The standard InChI is InChI=1S/C42H42F3N7O6/c1-40(2)38(41(3,4)39(40)58-27-18-30(42(43,44)45)33(46-5)47-19-27)49-34(54)22-6-8-25(9-7-22)50-14-12-26(13-15-50)51-20-23-16-28-29(17-24(23)21-51)37(57)52(36(28)56)31-10-11-32(53)48-35(31)55/h6-9,16-19,26,31,38-39H,10-15,20-21H2,1-4H3,(H,49,54)(H,48,53,55). The van der Waals surface area contributed by atoms with Crippen LogP contribution in [0.4, 0.5) is 24.7 Å². The van der Waals surface area contributed by atoms with E-state index >= 15 is 0 Å². The minimum absolute atomic E-state index is 0.0694. The van der Waals surface area contributed by atoms with E-state index in [2.05, 4.69) is 30.3 Å². The smallest absolute Gasteiger partial charge is 0.409 e. The first-order valence-corrected chi connectivity index (χ1v) is 19.3. The molecule has 2 N–H and O–H groups in total. The molecule has 5 amide bonds. The van der Waals surface area contributed by atoms with Gasteiger partial charge in [0.2, 0.25) is 11.8 Å². The van der Waals surface area contributed by atoms with Gasteiger partial charge in [-0.05, 0) is 72.9 Å². The summed E-state index contributed by atoms with van der Waals surface area (Å²) in [5.41, 5.74) is 1.58. The van der Waals surface area contributed by atoms with Gasteiger partial charge in [-0.25, -0.2) is 0 Å². The summed E-state index contributed by atoms with van der Waals surface area (Å²) in [7, 11) is 0. The van der Waals surface area contributed by atoms with Crippen LogP contribution >= 0.6 is 0 Å². The predicted octanol–water partition coefficient (Wildman–Crippen LogP) is 5.65. The number of nitrogens with zero attached hydrogens (tertiary/aromatic N) is 5. The van der Waals surface area contributed by atoms with Gasteiger partial charge in [-0.2, -0.15) is 13.2 Å². The van der Waals surface area contributed by atoms with Gasteiger partial charge in [0.05, 0.1) is 16.7 Å². The van der Waals surface area contributed by atoms with E-state index in [1.807, 2.05) is 39.8 Å². The molecule has 0 bridgehead atoms. The molecular weight excluding hydrogens is 755 g/mol. The third kappa shape index (κ3) is 6.54. The second-order valence-corrected chi connectivity index (χ2v) is 17.0. The van der Waals surface area contributed by atoms with Gasteiger partial charge in [-0.3, -0.25) is 39.1 Å². The Labute approximate surface area is 332 Å². The lowest BCUT2D eigenvalue weighted by atomic mass is 9.49. The molecule has 4 aliphatic heterocycles. The van der Waals surface area contributed by atoms with Crippen LogP contribution in [0.3, 0.4) is 0 Å². The Kier molecular flexibility index (Phi) is 9.37. The molecule has 3 fully saturated rings. The number of alkyl halides is 3. The predicted molar refractivity (Wildman–Crippen MR) is 203 cm³/mol. The van der Waals surface area contributed by atoms with Crippen molar-refractivity contribution < 1.29 is 41.9 Å². The first-order valence-electron chi connectivity index (χ1n) is 19.3. The Bertz CT molecular complexity index is 2230. The van der Waals surface area contributed by atoms with Crippen LogP contribution in [0.2, 0.25) is 0 Å². The lowest BCUT2D eigenvalue weighted by molar-refractivity contribution is -0.165. The van der Waals surface area contributed by atoms with Crippen LogP contribution in [0.25, 0.3) is 4.85 Å². The monoisotopic (exact) mass is 797 g/mol. The van der Waals surface area contributed by atoms with Crippen molar-refractivity contribution >= 4 is 41.0 Å². The summed E-state index contributed by atoms with van der Waals surface area (Å²) in [6, 6.07) is 10.7. The number of benzene rings is 2. The fourth-order valence-electron chi connectivity index (χ4n) is 9.92. The number of pyridine rings is 1. The third-order valence-electron chi connectivity index (χ3n) is 12.6. The van der Waals surface area contributed by atoms with Gasteiger partial charge in [-0.15, -0.1) is 4.98 Å². The molecule has 13 nitrogen and oxygen atoms in total. The van der Waals surface area contributed by atoms with E-state index in [1.165, 1.54) is 0 Å². The van der Waals surface area contributed by atoms with Crippen molar-refractivity contribution in [2.75, 3.05) is 18.0 Å². The number of carbonyl (C=O) groups is 5. The van der Waals surface area contributed by atoms with Gasteiger partial charge in [-0.1, -0.05) is 34.3 Å². The van der Waals surface area contributed by atoms with Crippen molar-refractivity contribution in [3.63, 3.8) is 0 Å². The second-order valence-electron chi connectivity index (χ2n) is 17.0. The molecule has 16 heteroatoms. The number of rotatable bonds is 7. The van der Waals surface area contributed by atoms with Crippen molar-refractivity contribution in [1.29, 1.82) is 0 Å². The third-order valence-corrected chi connectivity index (χ3v) is 12.6. The minimum Gasteiger partial charge on any atom is -0.485 e. The van der Waals surface area contributed by atoms with Gasteiger partial charge < -0.3 is 19.8 Å².